The number of benzene rings is 2. The van der Waals surface area contributed by atoms with Crippen LogP contribution in [0.25, 0.3) is 11.1 Å². The van der Waals surface area contributed by atoms with Crippen molar-refractivity contribution in [1.82, 2.24) is 16.0 Å². The Balaban J connectivity index is 1.64. The lowest BCUT2D eigenvalue weighted by Gasteiger charge is -2.37. The normalized spacial score (nSPS) is 21.6. The second kappa shape index (κ2) is 14.1. The van der Waals surface area contributed by atoms with Gasteiger partial charge >= 0.3 is 0 Å². The van der Waals surface area contributed by atoms with Gasteiger partial charge in [0.05, 0.1) is 5.92 Å². The molecule has 3 unspecified atom stereocenters. The van der Waals surface area contributed by atoms with Crippen molar-refractivity contribution in [2.45, 2.75) is 65.6 Å². The average molecular weight is 550 g/mol. The SMILES string of the molecule is CCN(c1cc(-c2ccc(CNCCN)cc2)cc(C(=O)NCC2C(=O)NC(C)CC2C)c1C)C1CCOCC1. The topological polar surface area (TPSA) is 109 Å². The Kier molecular flexibility index (Phi) is 10.6. The number of amides is 2. The van der Waals surface area contributed by atoms with Crippen LogP contribution in [0.1, 0.15) is 61.5 Å². The summed E-state index contributed by atoms with van der Waals surface area (Å²) in [6.45, 7) is 13.2. The van der Waals surface area contributed by atoms with Crippen LogP contribution in [-0.4, -0.2) is 63.3 Å². The van der Waals surface area contributed by atoms with Gasteiger partial charge in [-0.3, -0.25) is 9.59 Å². The van der Waals surface area contributed by atoms with Crippen molar-refractivity contribution < 1.29 is 14.3 Å². The van der Waals surface area contributed by atoms with Crippen molar-refractivity contribution in [3.63, 3.8) is 0 Å². The summed E-state index contributed by atoms with van der Waals surface area (Å²) >= 11 is 0. The van der Waals surface area contributed by atoms with Crippen molar-refractivity contribution in [2.75, 3.05) is 44.3 Å². The highest BCUT2D eigenvalue weighted by Gasteiger charge is 2.32. The third-order valence-corrected chi connectivity index (χ3v) is 8.46. The van der Waals surface area contributed by atoms with Gasteiger partial charge < -0.3 is 31.3 Å². The Morgan fingerprint density at radius 2 is 1.85 bits per heavy atom. The van der Waals surface area contributed by atoms with Crippen LogP contribution in [-0.2, 0) is 16.1 Å². The van der Waals surface area contributed by atoms with Crippen molar-refractivity contribution in [2.24, 2.45) is 17.6 Å². The molecule has 2 aromatic carbocycles. The van der Waals surface area contributed by atoms with Crippen LogP contribution >= 0.6 is 0 Å². The van der Waals surface area contributed by atoms with Crippen molar-refractivity contribution >= 4 is 17.5 Å². The third kappa shape index (κ3) is 7.22. The molecule has 0 aromatic heterocycles. The van der Waals surface area contributed by atoms with E-state index in [1.165, 1.54) is 5.56 Å². The summed E-state index contributed by atoms with van der Waals surface area (Å²) in [6.07, 6.45) is 2.85. The molecule has 8 nitrogen and oxygen atoms in total. The molecule has 0 bridgehead atoms. The average Bonchev–Trinajstić information content (AvgIpc) is 2.95. The summed E-state index contributed by atoms with van der Waals surface area (Å²) in [5.74, 6) is -0.118. The zero-order valence-electron chi connectivity index (χ0n) is 24.6. The van der Waals surface area contributed by atoms with Crippen LogP contribution in [0.4, 0.5) is 5.69 Å². The molecule has 2 amide bonds. The van der Waals surface area contributed by atoms with E-state index in [4.69, 9.17) is 10.5 Å². The lowest BCUT2D eigenvalue weighted by Crippen LogP contribution is -2.50. The molecular weight excluding hydrogens is 502 g/mol. The third-order valence-electron chi connectivity index (χ3n) is 8.46. The van der Waals surface area contributed by atoms with E-state index in [2.05, 4.69) is 65.0 Å². The van der Waals surface area contributed by atoms with Gasteiger partial charge in [0, 0.05) is 69.3 Å². The highest BCUT2D eigenvalue weighted by molar-refractivity contribution is 5.99. The lowest BCUT2D eigenvalue weighted by molar-refractivity contribution is -0.129. The van der Waals surface area contributed by atoms with E-state index in [0.29, 0.717) is 24.7 Å². The molecule has 0 saturated carbocycles. The van der Waals surface area contributed by atoms with Gasteiger partial charge in [-0.25, -0.2) is 0 Å². The molecule has 218 valence electrons. The first-order chi connectivity index (χ1) is 19.3. The Bertz CT molecular complexity index is 1150. The van der Waals surface area contributed by atoms with E-state index in [1.807, 2.05) is 19.9 Å². The second-order valence-electron chi connectivity index (χ2n) is 11.4. The predicted octanol–water partition coefficient (Wildman–Crippen LogP) is 3.61. The van der Waals surface area contributed by atoms with Crippen molar-refractivity contribution in [1.29, 1.82) is 0 Å². The van der Waals surface area contributed by atoms with Crippen molar-refractivity contribution in [3.05, 3.63) is 53.1 Å². The van der Waals surface area contributed by atoms with Gasteiger partial charge in [0.2, 0.25) is 5.91 Å². The number of carbonyl (C=O) groups is 2. The number of nitrogens with zero attached hydrogens (tertiary/aromatic N) is 1. The number of nitrogens with one attached hydrogen (secondary N) is 3. The van der Waals surface area contributed by atoms with Crippen LogP contribution in [0.15, 0.2) is 36.4 Å². The highest BCUT2D eigenvalue weighted by atomic mass is 16.5. The van der Waals surface area contributed by atoms with Crippen LogP contribution in [0.3, 0.4) is 0 Å². The molecule has 8 heteroatoms. The van der Waals surface area contributed by atoms with Gasteiger partial charge in [-0.05, 0) is 80.3 Å². The predicted molar refractivity (Wildman–Crippen MR) is 161 cm³/mol. The van der Waals surface area contributed by atoms with Gasteiger partial charge in [0.1, 0.15) is 0 Å². The first-order valence-corrected chi connectivity index (χ1v) is 14.9. The van der Waals surface area contributed by atoms with E-state index in [0.717, 1.165) is 74.5 Å². The Hall–Kier alpha value is -2.94. The number of hydrogen-bond acceptors (Lipinski definition) is 6. The number of carbonyl (C=O) groups excluding carboxylic acids is 2. The van der Waals surface area contributed by atoms with Gasteiger partial charge in [0.15, 0.2) is 0 Å². The molecule has 2 aromatic rings. The second-order valence-corrected chi connectivity index (χ2v) is 11.4. The monoisotopic (exact) mass is 549 g/mol. The van der Waals surface area contributed by atoms with Crippen LogP contribution < -0.4 is 26.6 Å². The standard InChI is InChI=1S/C32H47N5O3/c1-5-37(27-10-14-40-15-11-27)30-18-26(25-8-6-24(7-9-25)19-34-13-12-33)17-28(23(30)4)31(38)35-20-29-21(2)16-22(3)36-32(29)39/h6-9,17-18,21-22,27,29,34H,5,10-16,19-20,33H2,1-4H3,(H,35,38)(H,36,39). The molecule has 0 spiro atoms. The smallest absolute Gasteiger partial charge is 0.251 e. The van der Waals surface area contributed by atoms with E-state index >= 15 is 0 Å². The number of piperidine rings is 1. The van der Waals surface area contributed by atoms with E-state index in [1.54, 1.807) is 0 Å². The maximum atomic E-state index is 13.7. The molecule has 2 aliphatic heterocycles. The van der Waals surface area contributed by atoms with Crippen LogP contribution in [0, 0.1) is 18.8 Å². The zero-order chi connectivity index (χ0) is 28.6. The first-order valence-electron chi connectivity index (χ1n) is 14.9. The number of rotatable bonds is 11. The fourth-order valence-electron chi connectivity index (χ4n) is 6.15. The molecule has 0 radical (unpaired) electrons. The van der Waals surface area contributed by atoms with Gasteiger partial charge in [-0.1, -0.05) is 31.2 Å². The maximum absolute atomic E-state index is 13.7. The largest absolute Gasteiger partial charge is 0.381 e. The molecule has 0 aliphatic carbocycles. The van der Waals surface area contributed by atoms with Gasteiger partial charge in [0.25, 0.3) is 5.91 Å². The van der Waals surface area contributed by atoms with E-state index in [-0.39, 0.29) is 29.7 Å². The molecule has 4 rings (SSSR count). The Morgan fingerprint density at radius 3 is 2.50 bits per heavy atom. The summed E-state index contributed by atoms with van der Waals surface area (Å²) in [6, 6.07) is 13.3. The zero-order valence-corrected chi connectivity index (χ0v) is 24.6. The highest BCUT2D eigenvalue weighted by Crippen LogP contribution is 2.34. The fourth-order valence-corrected chi connectivity index (χ4v) is 6.15. The minimum absolute atomic E-state index is 0.0235. The number of nitrogens with two attached hydrogens (primary N) is 1. The first kappa shape index (κ1) is 30.0. The summed E-state index contributed by atoms with van der Waals surface area (Å²) in [7, 11) is 0. The van der Waals surface area contributed by atoms with Gasteiger partial charge in [-0.2, -0.15) is 0 Å². The van der Waals surface area contributed by atoms with E-state index in [9.17, 15) is 9.59 Å². The molecule has 5 N–H and O–H groups in total. The number of hydrogen-bond donors (Lipinski definition) is 4. The fraction of sp³-hybridized carbons (Fsp3) is 0.562. The lowest BCUT2D eigenvalue weighted by atomic mass is 9.84. The molecule has 2 fully saturated rings. The summed E-state index contributed by atoms with van der Waals surface area (Å²) in [5.41, 5.74) is 11.6. The molecule has 2 aliphatic rings. The van der Waals surface area contributed by atoms with E-state index < -0.39 is 0 Å². The van der Waals surface area contributed by atoms with Crippen LogP contribution in [0.2, 0.25) is 0 Å². The number of anilines is 1. The summed E-state index contributed by atoms with van der Waals surface area (Å²) < 4.78 is 5.64. The van der Waals surface area contributed by atoms with Crippen LogP contribution in [0.5, 0.6) is 0 Å². The van der Waals surface area contributed by atoms with Gasteiger partial charge in [-0.15, -0.1) is 0 Å². The summed E-state index contributed by atoms with van der Waals surface area (Å²) in [4.78, 5) is 28.8. The number of ether oxygens (including phenoxy) is 1. The molecular formula is C32H47N5O3. The summed E-state index contributed by atoms with van der Waals surface area (Å²) in [5, 5.41) is 9.48. The maximum Gasteiger partial charge on any atom is 0.251 e. The molecule has 3 atom stereocenters. The molecule has 2 heterocycles. The quantitative estimate of drug-likeness (QED) is 0.319. The molecule has 40 heavy (non-hydrogen) atoms. The minimum Gasteiger partial charge on any atom is -0.381 e. The van der Waals surface area contributed by atoms with Crippen molar-refractivity contribution in [3.8, 4) is 11.1 Å². The minimum atomic E-state index is -0.224. The molecule has 2 saturated heterocycles. The Morgan fingerprint density at radius 1 is 1.12 bits per heavy atom. The Labute approximate surface area is 239 Å².